The van der Waals surface area contributed by atoms with Gasteiger partial charge < -0.3 is 5.73 Å². The van der Waals surface area contributed by atoms with Crippen LogP contribution in [-0.2, 0) is 22.9 Å². The van der Waals surface area contributed by atoms with Crippen molar-refractivity contribution < 1.29 is 8.42 Å². The summed E-state index contributed by atoms with van der Waals surface area (Å²) in [6.45, 7) is 7.80. The summed E-state index contributed by atoms with van der Waals surface area (Å²) >= 11 is 0. The van der Waals surface area contributed by atoms with Crippen LogP contribution in [0.25, 0.3) is 0 Å². The summed E-state index contributed by atoms with van der Waals surface area (Å²) in [6.07, 6.45) is 3.63. The van der Waals surface area contributed by atoms with Crippen molar-refractivity contribution >= 4 is 15.7 Å². The summed E-state index contributed by atoms with van der Waals surface area (Å²) in [6, 6.07) is 3.56. The molecule has 0 amide bonds. The standard InChI is InChI=1S/C14H22N2O2S/c1-4-7-8-16-19(17,18)14-10-11(5-2)9-13(15)12(14)6-3/h4,9-10,16H,1,5-8,15H2,2-3H3. The highest BCUT2D eigenvalue weighted by molar-refractivity contribution is 7.89. The minimum absolute atomic E-state index is 0.302. The van der Waals surface area contributed by atoms with Crippen LogP contribution in [-0.4, -0.2) is 15.0 Å². The Morgan fingerprint density at radius 2 is 2.00 bits per heavy atom. The molecule has 0 aliphatic rings. The van der Waals surface area contributed by atoms with Gasteiger partial charge >= 0.3 is 0 Å². The summed E-state index contributed by atoms with van der Waals surface area (Å²) in [5.41, 5.74) is 8.11. The molecule has 3 N–H and O–H groups in total. The molecular formula is C14H22N2O2S. The third-order valence-electron chi connectivity index (χ3n) is 3.00. The first-order valence-electron chi connectivity index (χ1n) is 6.48. The Morgan fingerprint density at radius 1 is 1.32 bits per heavy atom. The van der Waals surface area contributed by atoms with Gasteiger partial charge in [-0.05, 0) is 42.5 Å². The Morgan fingerprint density at radius 3 is 2.53 bits per heavy atom. The molecule has 1 aromatic rings. The third kappa shape index (κ3) is 3.81. The van der Waals surface area contributed by atoms with Gasteiger partial charge in [-0.25, -0.2) is 13.1 Å². The number of nitrogen functional groups attached to an aromatic ring is 1. The average molecular weight is 282 g/mol. The van der Waals surface area contributed by atoms with Crippen molar-refractivity contribution in [3.8, 4) is 0 Å². The van der Waals surface area contributed by atoms with Gasteiger partial charge in [-0.1, -0.05) is 19.9 Å². The highest BCUT2D eigenvalue weighted by Gasteiger charge is 2.19. The molecule has 0 aliphatic carbocycles. The lowest BCUT2D eigenvalue weighted by atomic mass is 10.1. The molecule has 1 aromatic carbocycles. The minimum Gasteiger partial charge on any atom is -0.398 e. The van der Waals surface area contributed by atoms with E-state index in [1.54, 1.807) is 12.1 Å². The van der Waals surface area contributed by atoms with Crippen LogP contribution >= 0.6 is 0 Å². The van der Waals surface area contributed by atoms with E-state index in [1.165, 1.54) is 0 Å². The molecule has 0 bridgehead atoms. The molecule has 0 spiro atoms. The number of nitrogens with two attached hydrogens (primary N) is 1. The van der Waals surface area contributed by atoms with E-state index in [4.69, 9.17) is 5.73 Å². The van der Waals surface area contributed by atoms with Gasteiger partial charge in [0.25, 0.3) is 0 Å². The van der Waals surface area contributed by atoms with Gasteiger partial charge in [0.15, 0.2) is 0 Å². The maximum atomic E-state index is 12.3. The number of anilines is 1. The van der Waals surface area contributed by atoms with Gasteiger partial charge in [0.2, 0.25) is 10.0 Å². The molecule has 0 saturated heterocycles. The van der Waals surface area contributed by atoms with E-state index in [2.05, 4.69) is 11.3 Å². The third-order valence-corrected chi connectivity index (χ3v) is 4.52. The van der Waals surface area contributed by atoms with Crippen LogP contribution in [0.3, 0.4) is 0 Å². The average Bonchev–Trinajstić information content (AvgIpc) is 2.37. The first-order chi connectivity index (χ1) is 8.96. The molecule has 0 atom stereocenters. The summed E-state index contributed by atoms with van der Waals surface area (Å²) in [7, 11) is -3.51. The van der Waals surface area contributed by atoms with E-state index in [1.807, 2.05) is 19.9 Å². The Labute approximate surface area is 115 Å². The largest absolute Gasteiger partial charge is 0.398 e. The van der Waals surface area contributed by atoms with Gasteiger partial charge in [-0.2, -0.15) is 0 Å². The number of sulfonamides is 1. The second-order valence-electron chi connectivity index (χ2n) is 4.34. The van der Waals surface area contributed by atoms with Crippen molar-refractivity contribution in [1.29, 1.82) is 0 Å². The second-order valence-corrected chi connectivity index (χ2v) is 6.08. The first-order valence-corrected chi connectivity index (χ1v) is 7.96. The molecule has 106 valence electrons. The summed E-state index contributed by atoms with van der Waals surface area (Å²) in [5.74, 6) is 0. The zero-order valence-electron chi connectivity index (χ0n) is 11.6. The Balaban J connectivity index is 3.23. The molecule has 0 fully saturated rings. The molecule has 1 rings (SSSR count). The molecule has 19 heavy (non-hydrogen) atoms. The normalized spacial score (nSPS) is 11.5. The van der Waals surface area contributed by atoms with Crippen LogP contribution in [0.15, 0.2) is 29.7 Å². The van der Waals surface area contributed by atoms with Crippen LogP contribution in [0.4, 0.5) is 5.69 Å². The Hall–Kier alpha value is -1.33. The molecule has 0 heterocycles. The fourth-order valence-corrected chi connectivity index (χ4v) is 3.36. The fraction of sp³-hybridized carbons (Fsp3) is 0.429. The van der Waals surface area contributed by atoms with E-state index in [0.29, 0.717) is 35.5 Å². The van der Waals surface area contributed by atoms with Crippen molar-refractivity contribution in [3.63, 3.8) is 0 Å². The summed E-state index contributed by atoms with van der Waals surface area (Å²) in [5, 5.41) is 0. The van der Waals surface area contributed by atoms with Gasteiger partial charge in [0.05, 0.1) is 4.90 Å². The van der Waals surface area contributed by atoms with Gasteiger partial charge in [-0.15, -0.1) is 6.58 Å². The van der Waals surface area contributed by atoms with Crippen LogP contribution in [0.1, 0.15) is 31.4 Å². The summed E-state index contributed by atoms with van der Waals surface area (Å²) in [4.78, 5) is 0.302. The fourth-order valence-electron chi connectivity index (χ4n) is 1.92. The predicted octanol–water partition coefficient (Wildman–Crippen LogP) is 2.25. The number of benzene rings is 1. The van der Waals surface area contributed by atoms with E-state index in [0.717, 1.165) is 12.0 Å². The maximum Gasteiger partial charge on any atom is 0.240 e. The van der Waals surface area contributed by atoms with Crippen LogP contribution in [0.2, 0.25) is 0 Å². The molecule has 5 heteroatoms. The molecular weight excluding hydrogens is 260 g/mol. The van der Waals surface area contributed by atoms with Crippen LogP contribution in [0, 0.1) is 0 Å². The highest BCUT2D eigenvalue weighted by atomic mass is 32.2. The maximum absolute atomic E-state index is 12.3. The van der Waals surface area contributed by atoms with E-state index < -0.39 is 10.0 Å². The van der Waals surface area contributed by atoms with Gasteiger partial charge in [0, 0.05) is 12.2 Å². The van der Waals surface area contributed by atoms with Gasteiger partial charge in [-0.3, -0.25) is 0 Å². The number of aryl methyl sites for hydroxylation is 1. The minimum atomic E-state index is -3.51. The number of nitrogens with one attached hydrogen (secondary N) is 1. The molecule has 0 aliphatic heterocycles. The van der Waals surface area contributed by atoms with Crippen molar-refractivity contribution in [2.75, 3.05) is 12.3 Å². The first kappa shape index (κ1) is 15.7. The number of hydrogen-bond acceptors (Lipinski definition) is 3. The lowest BCUT2D eigenvalue weighted by molar-refractivity contribution is 0.581. The van der Waals surface area contributed by atoms with Crippen LogP contribution < -0.4 is 10.5 Å². The topological polar surface area (TPSA) is 72.2 Å². The zero-order valence-corrected chi connectivity index (χ0v) is 12.4. The van der Waals surface area contributed by atoms with E-state index in [9.17, 15) is 8.42 Å². The van der Waals surface area contributed by atoms with Crippen LogP contribution in [0.5, 0.6) is 0 Å². The van der Waals surface area contributed by atoms with Crippen molar-refractivity contribution in [1.82, 2.24) is 4.72 Å². The molecule has 0 aromatic heterocycles. The molecule has 0 radical (unpaired) electrons. The van der Waals surface area contributed by atoms with Crippen molar-refractivity contribution in [2.24, 2.45) is 0 Å². The quantitative estimate of drug-likeness (QED) is 0.458. The Kier molecular flexibility index (Phi) is 5.57. The lowest BCUT2D eigenvalue weighted by Crippen LogP contribution is -2.26. The van der Waals surface area contributed by atoms with Crippen molar-refractivity contribution in [3.05, 3.63) is 35.9 Å². The molecule has 0 unspecified atom stereocenters. The SMILES string of the molecule is C=CCCNS(=O)(=O)c1cc(CC)cc(N)c1CC. The molecule has 0 saturated carbocycles. The smallest absolute Gasteiger partial charge is 0.240 e. The zero-order chi connectivity index (χ0) is 14.5. The van der Waals surface area contributed by atoms with Crippen molar-refractivity contribution in [2.45, 2.75) is 38.0 Å². The lowest BCUT2D eigenvalue weighted by Gasteiger charge is -2.14. The monoisotopic (exact) mass is 282 g/mol. The molecule has 4 nitrogen and oxygen atoms in total. The van der Waals surface area contributed by atoms with Gasteiger partial charge in [0.1, 0.15) is 0 Å². The second kappa shape index (κ2) is 6.73. The Bertz CT molecular complexity index is 551. The predicted molar refractivity (Wildman–Crippen MR) is 79.6 cm³/mol. The highest BCUT2D eigenvalue weighted by Crippen LogP contribution is 2.25. The van der Waals surface area contributed by atoms with E-state index >= 15 is 0 Å². The summed E-state index contributed by atoms with van der Waals surface area (Å²) < 4.78 is 27.2. The van der Waals surface area contributed by atoms with E-state index in [-0.39, 0.29) is 0 Å². The number of rotatable bonds is 7. The number of hydrogen-bond donors (Lipinski definition) is 2.